The Morgan fingerprint density at radius 3 is 1.82 bits per heavy atom. The van der Waals surface area contributed by atoms with E-state index in [-0.39, 0.29) is 0 Å². The van der Waals surface area contributed by atoms with Crippen LogP contribution in [0.1, 0.15) is 15.9 Å². The molecule has 0 heterocycles. The van der Waals surface area contributed by atoms with Crippen LogP contribution in [0.5, 0.6) is 0 Å². The number of hydrogen-bond acceptors (Lipinski definition) is 1. The summed E-state index contributed by atoms with van der Waals surface area (Å²) in [7, 11) is 5.54. The summed E-state index contributed by atoms with van der Waals surface area (Å²) in [5, 5.41) is 0. The van der Waals surface area contributed by atoms with E-state index in [0.29, 0.717) is 11.9 Å². The number of rotatable bonds is 3. The molecule has 2 rings (SSSR count). The van der Waals surface area contributed by atoms with Gasteiger partial charge in [0.25, 0.3) is 0 Å². The Bertz CT molecular complexity index is 517. The van der Waals surface area contributed by atoms with E-state index in [1.54, 1.807) is 12.1 Å². The first-order valence-corrected chi connectivity index (χ1v) is 5.40. The lowest BCUT2D eigenvalue weighted by Crippen LogP contribution is -2.10. The predicted octanol–water partition coefficient (Wildman–Crippen LogP) is 2.12. The molecule has 1 amide bonds. The highest BCUT2D eigenvalue weighted by Gasteiger charge is 2.01. The largest absolute Gasteiger partial charge is 0.366 e. The number of benzene rings is 2. The Kier molecular flexibility index (Phi) is 3.28. The molecule has 0 saturated carbocycles. The number of primary amides is 1. The Morgan fingerprint density at radius 1 is 0.941 bits per heavy atom. The maximum absolute atomic E-state index is 10.9. The van der Waals surface area contributed by atoms with E-state index in [2.05, 4.69) is 0 Å². The SMILES string of the molecule is [B]Cc1ccc(-c2ccc(C(N)=O)cc2)cc1. The van der Waals surface area contributed by atoms with Crippen molar-refractivity contribution in [1.29, 1.82) is 0 Å². The quantitative estimate of drug-likeness (QED) is 0.792. The van der Waals surface area contributed by atoms with Gasteiger partial charge < -0.3 is 5.73 Å². The van der Waals surface area contributed by atoms with Crippen LogP contribution in [0.4, 0.5) is 0 Å². The molecule has 2 nitrogen and oxygen atoms in total. The topological polar surface area (TPSA) is 43.1 Å². The van der Waals surface area contributed by atoms with Crippen molar-refractivity contribution in [2.75, 3.05) is 0 Å². The van der Waals surface area contributed by atoms with E-state index in [1.165, 1.54) is 0 Å². The highest BCUT2D eigenvalue weighted by Crippen LogP contribution is 2.20. The summed E-state index contributed by atoms with van der Waals surface area (Å²) in [5.41, 5.74) is 8.96. The third-order valence-corrected chi connectivity index (χ3v) is 2.69. The minimum absolute atomic E-state index is 0.407. The molecule has 0 aromatic heterocycles. The molecule has 3 heteroatoms. The molecule has 0 atom stereocenters. The zero-order chi connectivity index (χ0) is 12.3. The molecule has 2 N–H and O–H groups in total. The average molecular weight is 221 g/mol. The van der Waals surface area contributed by atoms with Crippen LogP contribution >= 0.6 is 0 Å². The van der Waals surface area contributed by atoms with Gasteiger partial charge in [-0.25, -0.2) is 0 Å². The Balaban J connectivity index is 2.29. The second-order valence-corrected chi connectivity index (χ2v) is 3.84. The highest BCUT2D eigenvalue weighted by molar-refractivity contribution is 6.08. The molecule has 0 aliphatic carbocycles. The third-order valence-electron chi connectivity index (χ3n) is 2.69. The summed E-state index contributed by atoms with van der Waals surface area (Å²) in [5.74, 6) is -0.407. The van der Waals surface area contributed by atoms with Crippen LogP contribution < -0.4 is 5.73 Å². The van der Waals surface area contributed by atoms with Crippen LogP contribution in [0.25, 0.3) is 11.1 Å². The van der Waals surface area contributed by atoms with Gasteiger partial charge >= 0.3 is 0 Å². The van der Waals surface area contributed by atoms with E-state index in [4.69, 9.17) is 13.6 Å². The van der Waals surface area contributed by atoms with Gasteiger partial charge in [0, 0.05) is 5.56 Å². The molecule has 0 saturated heterocycles. The second-order valence-electron chi connectivity index (χ2n) is 3.84. The normalized spacial score (nSPS) is 10.1. The van der Waals surface area contributed by atoms with Gasteiger partial charge in [-0.15, -0.1) is 0 Å². The predicted molar refractivity (Wildman–Crippen MR) is 69.9 cm³/mol. The molecule has 0 spiro atoms. The van der Waals surface area contributed by atoms with Crippen LogP contribution in [-0.4, -0.2) is 13.8 Å². The fourth-order valence-corrected chi connectivity index (χ4v) is 1.66. The summed E-state index contributed by atoms with van der Waals surface area (Å²) in [4.78, 5) is 10.9. The van der Waals surface area contributed by atoms with Gasteiger partial charge in [0.2, 0.25) is 5.91 Å². The van der Waals surface area contributed by atoms with Crippen LogP contribution in [-0.2, 0) is 6.32 Å². The second kappa shape index (κ2) is 4.87. The van der Waals surface area contributed by atoms with Crippen molar-refractivity contribution in [3.8, 4) is 11.1 Å². The highest BCUT2D eigenvalue weighted by atomic mass is 16.1. The van der Waals surface area contributed by atoms with E-state index < -0.39 is 5.91 Å². The first-order valence-electron chi connectivity index (χ1n) is 5.40. The van der Waals surface area contributed by atoms with Crippen molar-refractivity contribution in [3.05, 3.63) is 59.7 Å². The number of carbonyl (C=O) groups is 1. The zero-order valence-electron chi connectivity index (χ0n) is 9.39. The maximum Gasteiger partial charge on any atom is 0.248 e. The van der Waals surface area contributed by atoms with Crippen molar-refractivity contribution in [2.24, 2.45) is 5.73 Å². The molecule has 2 aromatic rings. The molecular weight excluding hydrogens is 209 g/mol. The van der Waals surface area contributed by atoms with Crippen LogP contribution in [0, 0.1) is 0 Å². The van der Waals surface area contributed by atoms with Crippen molar-refractivity contribution in [2.45, 2.75) is 6.32 Å². The molecule has 0 unspecified atom stereocenters. The lowest BCUT2D eigenvalue weighted by molar-refractivity contribution is 0.100. The first kappa shape index (κ1) is 11.5. The molecule has 0 bridgehead atoms. The Morgan fingerprint density at radius 2 is 1.41 bits per heavy atom. The zero-order valence-corrected chi connectivity index (χ0v) is 9.39. The number of nitrogens with two attached hydrogens (primary N) is 1. The van der Waals surface area contributed by atoms with Gasteiger partial charge in [0.05, 0.1) is 7.85 Å². The van der Waals surface area contributed by atoms with E-state index in [0.717, 1.165) is 16.7 Å². The fourth-order valence-electron chi connectivity index (χ4n) is 1.66. The first-order chi connectivity index (χ1) is 8.20. The van der Waals surface area contributed by atoms with Crippen molar-refractivity contribution in [1.82, 2.24) is 0 Å². The molecule has 82 valence electrons. The summed E-state index contributed by atoms with van der Waals surface area (Å²) in [6, 6.07) is 15.3. The molecule has 0 aliphatic rings. The van der Waals surface area contributed by atoms with Crippen molar-refractivity contribution < 1.29 is 4.79 Å². The van der Waals surface area contributed by atoms with Gasteiger partial charge in [-0.1, -0.05) is 48.3 Å². The van der Waals surface area contributed by atoms with Crippen LogP contribution in [0.3, 0.4) is 0 Å². The maximum atomic E-state index is 10.9. The molecule has 0 fully saturated rings. The Labute approximate surface area is 102 Å². The minimum Gasteiger partial charge on any atom is -0.366 e. The monoisotopic (exact) mass is 221 g/mol. The Hall–Kier alpha value is -2.03. The van der Waals surface area contributed by atoms with E-state index in [1.807, 2.05) is 36.4 Å². The molecule has 17 heavy (non-hydrogen) atoms. The van der Waals surface area contributed by atoms with Crippen LogP contribution in [0.2, 0.25) is 0 Å². The van der Waals surface area contributed by atoms with Crippen LogP contribution in [0.15, 0.2) is 48.5 Å². The van der Waals surface area contributed by atoms with Gasteiger partial charge in [-0.3, -0.25) is 4.79 Å². The number of amides is 1. The molecule has 2 radical (unpaired) electrons. The lowest BCUT2D eigenvalue weighted by Gasteiger charge is -2.04. The van der Waals surface area contributed by atoms with Gasteiger partial charge in [0.15, 0.2) is 0 Å². The van der Waals surface area contributed by atoms with Gasteiger partial charge in [-0.05, 0) is 23.3 Å². The minimum atomic E-state index is -0.407. The average Bonchev–Trinajstić information content (AvgIpc) is 2.39. The number of hydrogen-bond donors (Lipinski definition) is 1. The number of carbonyl (C=O) groups excluding carboxylic acids is 1. The van der Waals surface area contributed by atoms with E-state index >= 15 is 0 Å². The van der Waals surface area contributed by atoms with E-state index in [9.17, 15) is 4.79 Å². The summed E-state index contributed by atoms with van der Waals surface area (Å²) in [6.07, 6.45) is 0.543. The summed E-state index contributed by atoms with van der Waals surface area (Å²) >= 11 is 0. The molecule has 2 aromatic carbocycles. The summed E-state index contributed by atoms with van der Waals surface area (Å²) in [6.45, 7) is 0. The standard InChI is InChI=1S/C14H12BNO/c15-9-10-1-3-11(4-2-10)12-5-7-13(8-6-12)14(16)17/h1-8H,9H2,(H2,16,17). The van der Waals surface area contributed by atoms with Gasteiger partial charge in [0.1, 0.15) is 0 Å². The lowest BCUT2D eigenvalue weighted by atomic mass is 9.95. The molecule has 0 aliphatic heterocycles. The smallest absolute Gasteiger partial charge is 0.248 e. The third kappa shape index (κ3) is 2.56. The molecular formula is C14H12BNO. The van der Waals surface area contributed by atoms with Gasteiger partial charge in [-0.2, -0.15) is 0 Å². The van der Waals surface area contributed by atoms with Crippen molar-refractivity contribution in [3.63, 3.8) is 0 Å². The van der Waals surface area contributed by atoms with Crippen molar-refractivity contribution >= 4 is 13.8 Å². The summed E-state index contributed by atoms with van der Waals surface area (Å²) < 4.78 is 0. The fraction of sp³-hybridized carbons (Fsp3) is 0.0714.